The molecule has 1 N–H and O–H groups in total. The van der Waals surface area contributed by atoms with Gasteiger partial charge in [0, 0.05) is 30.4 Å². The lowest BCUT2D eigenvalue weighted by atomic mass is 10.4. The second-order valence-corrected chi connectivity index (χ2v) is 6.94. The Kier molecular flexibility index (Phi) is 6.09. The molecule has 6 heteroatoms. The topological polar surface area (TPSA) is 41.1 Å². The number of nitrogens with zero attached hydrogens (tertiary/aromatic N) is 3. The molecule has 0 fully saturated rings. The molecule has 0 aliphatic rings. The number of thiazole rings is 2. The molecule has 0 amide bonds. The lowest BCUT2D eigenvalue weighted by molar-refractivity contribution is 0.312. The summed E-state index contributed by atoms with van der Waals surface area (Å²) in [6.45, 7) is 7.91. The quantitative estimate of drug-likeness (QED) is 0.761. The van der Waals surface area contributed by atoms with Gasteiger partial charge in [-0.05, 0) is 26.9 Å². The largest absolute Gasteiger partial charge is 0.310 e. The van der Waals surface area contributed by atoms with Gasteiger partial charge in [-0.3, -0.25) is 4.90 Å². The molecule has 0 atom stereocenters. The Morgan fingerprint density at radius 3 is 2.50 bits per heavy atom. The van der Waals surface area contributed by atoms with E-state index < -0.39 is 0 Å². The van der Waals surface area contributed by atoms with Gasteiger partial charge in [-0.1, -0.05) is 6.92 Å². The number of nitrogens with one attached hydrogen (secondary N) is 1. The molecule has 0 radical (unpaired) electrons. The molecule has 0 saturated heterocycles. The van der Waals surface area contributed by atoms with Gasteiger partial charge in [0.2, 0.25) is 0 Å². The molecule has 2 heterocycles. The maximum absolute atomic E-state index is 4.67. The van der Waals surface area contributed by atoms with Crippen LogP contribution in [0.3, 0.4) is 0 Å². The first-order valence-electron chi connectivity index (χ1n) is 6.91. The Balaban J connectivity index is 1.80. The summed E-state index contributed by atoms with van der Waals surface area (Å²) in [5.41, 5.74) is 2.30. The fraction of sp³-hybridized carbons (Fsp3) is 0.571. The maximum atomic E-state index is 4.67. The number of hydrogen-bond donors (Lipinski definition) is 1. The Morgan fingerprint density at radius 1 is 1.15 bits per heavy atom. The van der Waals surface area contributed by atoms with E-state index in [1.807, 2.05) is 6.92 Å². The molecule has 2 aromatic heterocycles. The van der Waals surface area contributed by atoms with Crippen LogP contribution in [0.1, 0.15) is 34.7 Å². The molecular weight excluding hydrogens is 288 g/mol. The van der Waals surface area contributed by atoms with Crippen molar-refractivity contribution in [3.8, 4) is 0 Å². The van der Waals surface area contributed by atoms with E-state index >= 15 is 0 Å². The number of rotatable bonds is 8. The summed E-state index contributed by atoms with van der Waals surface area (Å²) < 4.78 is 0. The van der Waals surface area contributed by atoms with Gasteiger partial charge in [-0.15, -0.1) is 22.7 Å². The van der Waals surface area contributed by atoms with Crippen molar-refractivity contribution >= 4 is 22.7 Å². The van der Waals surface area contributed by atoms with Crippen LogP contribution in [-0.2, 0) is 19.6 Å². The smallest absolute Gasteiger partial charge is 0.107 e. The van der Waals surface area contributed by atoms with Crippen LogP contribution < -0.4 is 5.32 Å². The summed E-state index contributed by atoms with van der Waals surface area (Å²) in [7, 11) is 2.11. The highest BCUT2D eigenvalue weighted by molar-refractivity contribution is 7.09. The minimum atomic E-state index is 0.876. The highest BCUT2D eigenvalue weighted by atomic mass is 32.1. The van der Waals surface area contributed by atoms with Crippen LogP contribution in [0.15, 0.2) is 10.8 Å². The van der Waals surface area contributed by atoms with Crippen molar-refractivity contribution in [2.24, 2.45) is 0 Å². The van der Waals surface area contributed by atoms with Crippen LogP contribution in [0.5, 0.6) is 0 Å². The first-order valence-corrected chi connectivity index (χ1v) is 8.67. The average molecular weight is 310 g/mol. The molecule has 4 nitrogen and oxygen atoms in total. The van der Waals surface area contributed by atoms with E-state index in [0.717, 1.165) is 49.0 Å². The third-order valence-corrected chi connectivity index (χ3v) is 4.55. The van der Waals surface area contributed by atoms with Crippen molar-refractivity contribution in [2.75, 3.05) is 13.6 Å². The van der Waals surface area contributed by atoms with Gasteiger partial charge in [-0.2, -0.15) is 0 Å². The predicted octanol–water partition coefficient (Wildman–Crippen LogP) is 3.04. The Morgan fingerprint density at radius 2 is 1.85 bits per heavy atom. The van der Waals surface area contributed by atoms with E-state index in [1.165, 1.54) is 5.01 Å². The summed E-state index contributed by atoms with van der Waals surface area (Å²) >= 11 is 3.45. The van der Waals surface area contributed by atoms with Crippen molar-refractivity contribution in [1.29, 1.82) is 0 Å². The van der Waals surface area contributed by atoms with Crippen molar-refractivity contribution in [3.63, 3.8) is 0 Å². The van der Waals surface area contributed by atoms with E-state index in [4.69, 9.17) is 0 Å². The molecule has 0 spiro atoms. The lowest BCUT2D eigenvalue weighted by Gasteiger charge is -2.13. The lowest BCUT2D eigenvalue weighted by Crippen LogP contribution is -2.18. The molecule has 0 bridgehead atoms. The minimum absolute atomic E-state index is 0.876. The van der Waals surface area contributed by atoms with E-state index in [9.17, 15) is 0 Å². The number of aromatic nitrogens is 2. The first-order chi connectivity index (χ1) is 9.67. The highest BCUT2D eigenvalue weighted by Crippen LogP contribution is 2.14. The van der Waals surface area contributed by atoms with Crippen molar-refractivity contribution in [3.05, 3.63) is 32.2 Å². The zero-order chi connectivity index (χ0) is 14.4. The fourth-order valence-electron chi connectivity index (χ4n) is 1.96. The molecule has 2 rings (SSSR count). The number of aryl methyl sites for hydroxylation is 1. The molecular formula is C14H22N4S2. The zero-order valence-electron chi connectivity index (χ0n) is 12.3. The molecule has 2 aromatic rings. The predicted molar refractivity (Wildman–Crippen MR) is 86.1 cm³/mol. The molecule has 0 saturated carbocycles. The van der Waals surface area contributed by atoms with E-state index in [1.54, 1.807) is 22.7 Å². The summed E-state index contributed by atoms with van der Waals surface area (Å²) in [6, 6.07) is 0. The monoisotopic (exact) mass is 310 g/mol. The Bertz CT molecular complexity index is 521. The van der Waals surface area contributed by atoms with Gasteiger partial charge < -0.3 is 5.32 Å². The van der Waals surface area contributed by atoms with E-state index in [-0.39, 0.29) is 0 Å². The van der Waals surface area contributed by atoms with Gasteiger partial charge in [0.25, 0.3) is 0 Å². The normalized spacial score (nSPS) is 11.4. The summed E-state index contributed by atoms with van der Waals surface area (Å²) in [5, 5.41) is 9.98. The zero-order valence-corrected chi connectivity index (χ0v) is 14.0. The van der Waals surface area contributed by atoms with Crippen LogP contribution in [0, 0.1) is 6.92 Å². The van der Waals surface area contributed by atoms with Crippen LogP contribution in [0.2, 0.25) is 0 Å². The van der Waals surface area contributed by atoms with Crippen molar-refractivity contribution < 1.29 is 0 Å². The van der Waals surface area contributed by atoms with Gasteiger partial charge in [-0.25, -0.2) is 9.97 Å². The SMILES string of the molecule is CCCNCc1nc(CN(C)Cc2csc(C)n2)cs1. The van der Waals surface area contributed by atoms with E-state index in [0.29, 0.717) is 0 Å². The molecule has 0 aromatic carbocycles. The molecule has 20 heavy (non-hydrogen) atoms. The van der Waals surface area contributed by atoms with Crippen LogP contribution in [-0.4, -0.2) is 28.5 Å². The van der Waals surface area contributed by atoms with Crippen molar-refractivity contribution in [1.82, 2.24) is 20.2 Å². The Labute approximate surface area is 128 Å². The molecule has 110 valence electrons. The number of hydrogen-bond acceptors (Lipinski definition) is 6. The molecule has 0 unspecified atom stereocenters. The van der Waals surface area contributed by atoms with Crippen LogP contribution in [0.25, 0.3) is 0 Å². The van der Waals surface area contributed by atoms with Crippen LogP contribution >= 0.6 is 22.7 Å². The minimum Gasteiger partial charge on any atom is -0.310 e. The second kappa shape index (κ2) is 7.83. The van der Waals surface area contributed by atoms with Gasteiger partial charge >= 0.3 is 0 Å². The maximum Gasteiger partial charge on any atom is 0.107 e. The fourth-order valence-corrected chi connectivity index (χ4v) is 3.32. The third kappa shape index (κ3) is 4.94. The standard InChI is InChI=1S/C14H22N4S2/c1-4-5-15-6-14-17-13(10-20-14)8-18(3)7-12-9-19-11(2)16-12/h9-10,15H,4-8H2,1-3H3. The van der Waals surface area contributed by atoms with Crippen LogP contribution in [0.4, 0.5) is 0 Å². The second-order valence-electron chi connectivity index (χ2n) is 4.94. The molecule has 0 aliphatic heterocycles. The Hall–Kier alpha value is -0.820. The molecule has 0 aliphatic carbocycles. The van der Waals surface area contributed by atoms with Crippen molar-refractivity contribution in [2.45, 2.75) is 39.9 Å². The average Bonchev–Trinajstić information content (AvgIpc) is 2.99. The van der Waals surface area contributed by atoms with Gasteiger partial charge in [0.1, 0.15) is 5.01 Å². The highest BCUT2D eigenvalue weighted by Gasteiger charge is 2.07. The summed E-state index contributed by atoms with van der Waals surface area (Å²) in [4.78, 5) is 11.4. The van der Waals surface area contributed by atoms with E-state index in [2.05, 4.69) is 44.9 Å². The summed E-state index contributed by atoms with van der Waals surface area (Å²) in [5.74, 6) is 0. The first kappa shape index (κ1) is 15.6. The third-order valence-electron chi connectivity index (χ3n) is 2.83. The summed E-state index contributed by atoms with van der Waals surface area (Å²) in [6.07, 6.45) is 1.16. The van der Waals surface area contributed by atoms with Gasteiger partial charge in [0.05, 0.1) is 16.4 Å². The van der Waals surface area contributed by atoms with Gasteiger partial charge in [0.15, 0.2) is 0 Å².